The normalized spacial score (nSPS) is 12.5. The van der Waals surface area contributed by atoms with Crippen molar-refractivity contribution < 1.29 is 8.42 Å². The van der Waals surface area contributed by atoms with Crippen LogP contribution in [0.5, 0.6) is 0 Å². The Balaban J connectivity index is 2.08. The van der Waals surface area contributed by atoms with Gasteiger partial charge in [0.15, 0.2) is 0 Å². The van der Waals surface area contributed by atoms with E-state index in [-0.39, 0.29) is 10.3 Å². The molecular weight excluding hydrogens is 330 g/mol. The van der Waals surface area contributed by atoms with E-state index in [4.69, 9.17) is 0 Å². The predicted molar refractivity (Wildman–Crippen MR) is 93.4 cm³/mol. The SMILES string of the molecule is CC(C)(C)c1ccccc1NS(=O)(=O)c1cccc2nsnc12. The van der Waals surface area contributed by atoms with Crippen LogP contribution >= 0.6 is 11.7 Å². The first-order valence-corrected chi connectivity index (χ1v) is 9.34. The summed E-state index contributed by atoms with van der Waals surface area (Å²) in [5.41, 5.74) is 2.33. The number of benzene rings is 2. The lowest BCUT2D eigenvalue weighted by Gasteiger charge is -2.23. The quantitative estimate of drug-likeness (QED) is 0.782. The van der Waals surface area contributed by atoms with Gasteiger partial charge in [-0.3, -0.25) is 4.72 Å². The molecule has 120 valence electrons. The van der Waals surface area contributed by atoms with E-state index in [2.05, 4.69) is 13.5 Å². The zero-order valence-electron chi connectivity index (χ0n) is 13.1. The smallest absolute Gasteiger partial charge is 0.264 e. The molecule has 2 aromatic carbocycles. The van der Waals surface area contributed by atoms with Gasteiger partial charge in [-0.2, -0.15) is 8.75 Å². The van der Waals surface area contributed by atoms with Gasteiger partial charge in [-0.15, -0.1) is 0 Å². The number of nitrogens with zero attached hydrogens (tertiary/aromatic N) is 2. The lowest BCUT2D eigenvalue weighted by atomic mass is 9.86. The molecule has 0 aliphatic heterocycles. The third kappa shape index (κ3) is 3.07. The second kappa shape index (κ2) is 5.58. The average molecular weight is 347 g/mol. The Morgan fingerprint density at radius 1 is 1.00 bits per heavy atom. The van der Waals surface area contributed by atoms with E-state index in [9.17, 15) is 8.42 Å². The molecule has 0 amide bonds. The van der Waals surface area contributed by atoms with Crippen LogP contribution in [0.2, 0.25) is 0 Å². The molecule has 1 aromatic heterocycles. The van der Waals surface area contributed by atoms with Crippen molar-refractivity contribution in [3.63, 3.8) is 0 Å². The first kappa shape index (κ1) is 15.9. The largest absolute Gasteiger partial charge is 0.279 e. The zero-order valence-corrected chi connectivity index (χ0v) is 14.7. The van der Waals surface area contributed by atoms with E-state index in [0.29, 0.717) is 16.7 Å². The maximum absolute atomic E-state index is 12.8. The summed E-state index contributed by atoms with van der Waals surface area (Å²) in [4.78, 5) is 0.146. The maximum Gasteiger partial charge on any atom is 0.264 e. The molecule has 3 rings (SSSR count). The van der Waals surface area contributed by atoms with Crippen molar-refractivity contribution in [1.82, 2.24) is 8.75 Å². The van der Waals surface area contributed by atoms with Gasteiger partial charge in [-0.05, 0) is 29.2 Å². The molecule has 0 saturated heterocycles. The summed E-state index contributed by atoms with van der Waals surface area (Å²) < 4.78 is 36.5. The lowest BCUT2D eigenvalue weighted by Crippen LogP contribution is -2.19. The van der Waals surface area contributed by atoms with Crippen LogP contribution in [-0.2, 0) is 15.4 Å². The zero-order chi connectivity index (χ0) is 16.7. The topological polar surface area (TPSA) is 72.0 Å². The van der Waals surface area contributed by atoms with Crippen LogP contribution in [0.25, 0.3) is 11.0 Å². The predicted octanol–water partition coefficient (Wildman–Crippen LogP) is 3.79. The molecule has 0 atom stereocenters. The highest BCUT2D eigenvalue weighted by atomic mass is 32.2. The van der Waals surface area contributed by atoms with Crippen LogP contribution in [-0.4, -0.2) is 17.2 Å². The average Bonchev–Trinajstić information content (AvgIpc) is 2.94. The maximum atomic E-state index is 12.8. The highest BCUT2D eigenvalue weighted by Gasteiger charge is 2.23. The van der Waals surface area contributed by atoms with Crippen LogP contribution in [0.4, 0.5) is 5.69 Å². The summed E-state index contributed by atoms with van der Waals surface area (Å²) in [6.45, 7) is 6.14. The molecule has 1 heterocycles. The van der Waals surface area contributed by atoms with Crippen molar-refractivity contribution in [3.05, 3.63) is 48.0 Å². The molecule has 0 radical (unpaired) electrons. The molecule has 0 saturated carbocycles. The van der Waals surface area contributed by atoms with E-state index < -0.39 is 10.0 Å². The van der Waals surface area contributed by atoms with Crippen LogP contribution in [0.1, 0.15) is 26.3 Å². The first-order chi connectivity index (χ1) is 10.8. The van der Waals surface area contributed by atoms with Gasteiger partial charge < -0.3 is 0 Å². The third-order valence-electron chi connectivity index (χ3n) is 3.52. The minimum Gasteiger partial charge on any atom is -0.279 e. The molecule has 23 heavy (non-hydrogen) atoms. The van der Waals surface area contributed by atoms with Crippen LogP contribution < -0.4 is 4.72 Å². The van der Waals surface area contributed by atoms with E-state index in [0.717, 1.165) is 17.3 Å². The standard InChI is InChI=1S/C16H17N3O2S2/c1-16(2,3)11-7-4-5-8-12(11)19-23(20,21)14-10-6-9-13-15(14)18-22-17-13/h4-10,19H,1-3H3. The lowest BCUT2D eigenvalue weighted by molar-refractivity contribution is 0.590. The Kier molecular flexibility index (Phi) is 3.85. The number of hydrogen-bond acceptors (Lipinski definition) is 5. The number of anilines is 1. The van der Waals surface area contributed by atoms with Crippen LogP contribution in [0.3, 0.4) is 0 Å². The van der Waals surface area contributed by atoms with Gasteiger partial charge in [-0.1, -0.05) is 45.0 Å². The summed E-state index contributed by atoms with van der Waals surface area (Å²) in [6, 6.07) is 12.4. The van der Waals surface area contributed by atoms with Crippen molar-refractivity contribution in [2.24, 2.45) is 0 Å². The second-order valence-electron chi connectivity index (χ2n) is 6.29. The van der Waals surface area contributed by atoms with Crippen LogP contribution in [0.15, 0.2) is 47.4 Å². The van der Waals surface area contributed by atoms with Gasteiger partial charge in [0.2, 0.25) is 0 Å². The molecule has 7 heteroatoms. The van der Waals surface area contributed by atoms with E-state index in [1.807, 2.05) is 39.0 Å². The molecule has 0 unspecified atom stereocenters. The van der Waals surface area contributed by atoms with Crippen LogP contribution in [0, 0.1) is 0 Å². The number of rotatable bonds is 3. The molecule has 3 aromatic rings. The number of nitrogens with one attached hydrogen (secondary N) is 1. The summed E-state index contributed by atoms with van der Waals surface area (Å²) in [5, 5.41) is 0. The van der Waals surface area contributed by atoms with Crippen molar-refractivity contribution in [1.29, 1.82) is 0 Å². The summed E-state index contributed by atoms with van der Waals surface area (Å²) in [6.07, 6.45) is 0. The third-order valence-corrected chi connectivity index (χ3v) is 5.46. The first-order valence-electron chi connectivity index (χ1n) is 7.13. The van der Waals surface area contributed by atoms with Gasteiger partial charge in [-0.25, -0.2) is 8.42 Å². The van der Waals surface area contributed by atoms with E-state index >= 15 is 0 Å². The van der Waals surface area contributed by atoms with Gasteiger partial charge in [0.05, 0.1) is 17.4 Å². The fraction of sp³-hybridized carbons (Fsp3) is 0.250. The number of para-hydroxylation sites is 1. The van der Waals surface area contributed by atoms with E-state index in [1.54, 1.807) is 24.3 Å². The summed E-state index contributed by atoms with van der Waals surface area (Å²) in [5.74, 6) is 0. The monoisotopic (exact) mass is 347 g/mol. The Bertz CT molecular complexity index is 957. The Morgan fingerprint density at radius 3 is 2.48 bits per heavy atom. The molecule has 1 N–H and O–H groups in total. The molecule has 0 fully saturated rings. The van der Waals surface area contributed by atoms with Crippen molar-refractivity contribution >= 4 is 38.5 Å². The minimum absolute atomic E-state index is 0.146. The van der Waals surface area contributed by atoms with Crippen molar-refractivity contribution in [2.75, 3.05) is 4.72 Å². The molecule has 5 nitrogen and oxygen atoms in total. The van der Waals surface area contributed by atoms with Gasteiger partial charge >= 0.3 is 0 Å². The molecule has 0 bridgehead atoms. The molecular formula is C16H17N3O2S2. The van der Waals surface area contributed by atoms with Crippen molar-refractivity contribution in [3.8, 4) is 0 Å². The number of fused-ring (bicyclic) bond motifs is 1. The molecule has 0 spiro atoms. The highest BCUT2D eigenvalue weighted by Crippen LogP contribution is 2.31. The number of hydrogen-bond donors (Lipinski definition) is 1. The molecule has 0 aliphatic rings. The Labute approximate surface area is 139 Å². The van der Waals surface area contributed by atoms with E-state index in [1.165, 1.54) is 0 Å². The highest BCUT2D eigenvalue weighted by molar-refractivity contribution is 7.93. The minimum atomic E-state index is -3.74. The fourth-order valence-electron chi connectivity index (χ4n) is 2.42. The second-order valence-corrected chi connectivity index (χ2v) is 8.47. The summed E-state index contributed by atoms with van der Waals surface area (Å²) in [7, 11) is -3.74. The Morgan fingerprint density at radius 2 is 1.74 bits per heavy atom. The summed E-state index contributed by atoms with van der Waals surface area (Å²) >= 11 is 1.00. The van der Waals surface area contributed by atoms with Crippen molar-refractivity contribution in [2.45, 2.75) is 31.1 Å². The fourth-order valence-corrected chi connectivity index (χ4v) is 4.27. The Hall–Kier alpha value is -1.99. The van der Waals surface area contributed by atoms with Gasteiger partial charge in [0.25, 0.3) is 10.0 Å². The number of aromatic nitrogens is 2. The molecule has 0 aliphatic carbocycles. The van der Waals surface area contributed by atoms with Gasteiger partial charge in [0.1, 0.15) is 15.9 Å². The van der Waals surface area contributed by atoms with Gasteiger partial charge in [0, 0.05) is 0 Å². The number of sulfonamides is 1.